The van der Waals surface area contributed by atoms with Crippen molar-refractivity contribution in [2.24, 2.45) is 0 Å². The van der Waals surface area contributed by atoms with E-state index >= 15 is 0 Å². The van der Waals surface area contributed by atoms with E-state index in [-0.39, 0.29) is 5.78 Å². The minimum atomic E-state index is 0.0412. The largest absolute Gasteiger partial charge is 0.354 e. The number of hydrogen-bond acceptors (Lipinski definition) is 1. The summed E-state index contributed by atoms with van der Waals surface area (Å²) in [6.45, 7) is 3.90. The van der Waals surface area contributed by atoms with Crippen molar-refractivity contribution >= 4 is 16.7 Å². The first-order valence-electron chi connectivity index (χ1n) is 8.68. The molecule has 0 bridgehead atoms. The Bertz CT molecular complexity index is 1080. The lowest BCUT2D eigenvalue weighted by atomic mass is 9.98. The van der Waals surface area contributed by atoms with Crippen molar-refractivity contribution in [3.8, 4) is 11.3 Å². The maximum Gasteiger partial charge on any atom is 0.193 e. The number of H-pyrrole nitrogens is 1. The summed E-state index contributed by atoms with van der Waals surface area (Å²) in [7, 11) is 0. The first-order chi connectivity index (χ1) is 12.8. The maximum absolute atomic E-state index is 12.8. The molecule has 3 aromatic carbocycles. The number of nitrogens with one attached hydrogen (secondary N) is 1. The molecule has 4 aromatic rings. The Kier molecular flexibility index (Phi) is 4.24. The Morgan fingerprint density at radius 1 is 0.885 bits per heavy atom. The summed E-state index contributed by atoms with van der Waals surface area (Å²) in [6, 6.07) is 25.5. The van der Waals surface area contributed by atoms with Crippen molar-refractivity contribution in [3.63, 3.8) is 0 Å². The van der Waals surface area contributed by atoms with Gasteiger partial charge in [0.1, 0.15) is 0 Å². The molecule has 0 saturated heterocycles. The summed E-state index contributed by atoms with van der Waals surface area (Å²) < 4.78 is 0. The molecule has 0 atom stereocenters. The van der Waals surface area contributed by atoms with Gasteiger partial charge in [-0.1, -0.05) is 66.7 Å². The molecule has 0 aliphatic heterocycles. The molecule has 2 heteroatoms. The first kappa shape index (κ1) is 16.1. The molecule has 1 aromatic heterocycles. The van der Waals surface area contributed by atoms with E-state index in [1.807, 2.05) is 72.8 Å². The van der Waals surface area contributed by atoms with Gasteiger partial charge in [-0.25, -0.2) is 0 Å². The highest BCUT2D eigenvalue weighted by Gasteiger charge is 2.15. The fraction of sp³-hybridized carbons (Fsp3) is 0.0417. The summed E-state index contributed by atoms with van der Waals surface area (Å²) in [6.07, 6.45) is 2.65. The van der Waals surface area contributed by atoms with E-state index in [2.05, 4.69) is 23.7 Å². The highest BCUT2D eigenvalue weighted by Crippen LogP contribution is 2.32. The SMILES string of the molecule is C=CCc1c(-c2ccccc2)[nH]c2ccc(C(=O)c3ccccc3)cc12. The third-order valence-corrected chi connectivity index (χ3v) is 4.62. The van der Waals surface area contributed by atoms with Gasteiger partial charge < -0.3 is 4.98 Å². The highest BCUT2D eigenvalue weighted by atomic mass is 16.1. The molecule has 4 rings (SSSR count). The van der Waals surface area contributed by atoms with Crippen LogP contribution in [0.5, 0.6) is 0 Å². The zero-order valence-corrected chi connectivity index (χ0v) is 14.4. The average molecular weight is 337 g/mol. The van der Waals surface area contributed by atoms with Crippen LogP contribution in [0.15, 0.2) is 91.5 Å². The number of fused-ring (bicyclic) bond motifs is 1. The van der Waals surface area contributed by atoms with Crippen LogP contribution in [0, 0.1) is 0 Å². The van der Waals surface area contributed by atoms with Crippen LogP contribution in [0.3, 0.4) is 0 Å². The molecule has 0 fully saturated rings. The topological polar surface area (TPSA) is 32.9 Å². The minimum absolute atomic E-state index is 0.0412. The number of hydrogen-bond donors (Lipinski definition) is 1. The van der Waals surface area contributed by atoms with E-state index in [1.165, 1.54) is 5.56 Å². The molecule has 1 heterocycles. The molecule has 0 saturated carbocycles. The zero-order valence-electron chi connectivity index (χ0n) is 14.4. The van der Waals surface area contributed by atoms with Crippen molar-refractivity contribution in [2.45, 2.75) is 6.42 Å². The summed E-state index contributed by atoms with van der Waals surface area (Å²) >= 11 is 0. The second kappa shape index (κ2) is 6.85. The zero-order chi connectivity index (χ0) is 17.9. The van der Waals surface area contributed by atoms with Gasteiger partial charge in [0.05, 0.1) is 5.69 Å². The molecule has 2 nitrogen and oxygen atoms in total. The second-order valence-corrected chi connectivity index (χ2v) is 6.29. The molecular formula is C24H19NO. The Morgan fingerprint density at radius 3 is 2.27 bits per heavy atom. The molecule has 0 unspecified atom stereocenters. The Morgan fingerprint density at radius 2 is 1.58 bits per heavy atom. The number of carbonyl (C=O) groups excluding carboxylic acids is 1. The van der Waals surface area contributed by atoms with Crippen molar-refractivity contribution in [1.29, 1.82) is 0 Å². The van der Waals surface area contributed by atoms with Crippen molar-refractivity contribution < 1.29 is 4.79 Å². The fourth-order valence-electron chi connectivity index (χ4n) is 3.35. The van der Waals surface area contributed by atoms with E-state index in [4.69, 9.17) is 0 Å². The van der Waals surface area contributed by atoms with Crippen LogP contribution in [0.1, 0.15) is 21.5 Å². The van der Waals surface area contributed by atoms with E-state index in [9.17, 15) is 4.79 Å². The average Bonchev–Trinajstić information content (AvgIpc) is 3.07. The van der Waals surface area contributed by atoms with E-state index in [1.54, 1.807) is 0 Å². The number of aromatic amines is 1. The van der Waals surface area contributed by atoms with Gasteiger partial charge in [-0.3, -0.25) is 4.79 Å². The Hall–Kier alpha value is -3.39. The standard InChI is InChI=1S/C24H19NO/c1-2-9-20-21-16-19(24(26)18-12-7-4-8-13-18)14-15-22(21)25-23(20)17-10-5-3-6-11-17/h2-8,10-16,25H,1,9H2. The summed E-state index contributed by atoms with van der Waals surface area (Å²) in [5.74, 6) is 0.0412. The molecule has 26 heavy (non-hydrogen) atoms. The van der Waals surface area contributed by atoms with Gasteiger partial charge in [0.2, 0.25) is 0 Å². The lowest BCUT2D eigenvalue weighted by Crippen LogP contribution is -2.00. The molecule has 0 spiro atoms. The van der Waals surface area contributed by atoms with Crippen LogP contribution in [0.2, 0.25) is 0 Å². The van der Waals surface area contributed by atoms with E-state index in [0.29, 0.717) is 11.1 Å². The summed E-state index contributed by atoms with van der Waals surface area (Å²) in [4.78, 5) is 16.3. The fourth-order valence-corrected chi connectivity index (χ4v) is 3.35. The normalized spacial score (nSPS) is 10.8. The van der Waals surface area contributed by atoms with Crippen LogP contribution in [0.25, 0.3) is 22.2 Å². The second-order valence-electron chi connectivity index (χ2n) is 6.29. The molecule has 0 amide bonds. The van der Waals surface area contributed by atoms with E-state index < -0.39 is 0 Å². The molecule has 126 valence electrons. The number of aromatic nitrogens is 1. The smallest absolute Gasteiger partial charge is 0.193 e. The van der Waals surface area contributed by atoms with Crippen molar-refractivity contribution in [3.05, 3.63) is 108 Å². The van der Waals surface area contributed by atoms with Gasteiger partial charge in [-0.15, -0.1) is 6.58 Å². The predicted molar refractivity (Wildman–Crippen MR) is 108 cm³/mol. The molecule has 1 N–H and O–H groups in total. The van der Waals surface area contributed by atoms with E-state index in [0.717, 1.165) is 28.6 Å². The predicted octanol–water partition coefficient (Wildman–Crippen LogP) is 5.79. The lowest BCUT2D eigenvalue weighted by molar-refractivity contribution is 0.103. The van der Waals surface area contributed by atoms with Gasteiger partial charge in [0, 0.05) is 22.0 Å². The van der Waals surface area contributed by atoms with Crippen LogP contribution < -0.4 is 0 Å². The van der Waals surface area contributed by atoms with Gasteiger partial charge in [-0.2, -0.15) is 0 Å². The first-order valence-corrected chi connectivity index (χ1v) is 8.68. The summed E-state index contributed by atoms with van der Waals surface area (Å²) in [5, 5.41) is 1.07. The number of ketones is 1. The number of benzene rings is 3. The monoisotopic (exact) mass is 337 g/mol. The quantitative estimate of drug-likeness (QED) is 0.362. The van der Waals surface area contributed by atoms with Crippen molar-refractivity contribution in [1.82, 2.24) is 4.98 Å². The highest BCUT2D eigenvalue weighted by molar-refractivity contribution is 6.11. The van der Waals surface area contributed by atoms with Crippen LogP contribution in [0.4, 0.5) is 0 Å². The summed E-state index contributed by atoms with van der Waals surface area (Å²) in [5.41, 5.74) is 5.83. The van der Waals surface area contributed by atoms with Gasteiger partial charge in [0.25, 0.3) is 0 Å². The van der Waals surface area contributed by atoms with Gasteiger partial charge in [-0.05, 0) is 35.7 Å². The molecule has 0 aliphatic carbocycles. The molecule has 0 aliphatic rings. The van der Waals surface area contributed by atoms with Crippen molar-refractivity contribution in [2.75, 3.05) is 0 Å². The maximum atomic E-state index is 12.8. The Labute approximate surface area is 152 Å². The van der Waals surface area contributed by atoms with Gasteiger partial charge >= 0.3 is 0 Å². The molecular weight excluding hydrogens is 318 g/mol. The van der Waals surface area contributed by atoms with Gasteiger partial charge in [0.15, 0.2) is 5.78 Å². The third-order valence-electron chi connectivity index (χ3n) is 4.62. The lowest BCUT2D eigenvalue weighted by Gasteiger charge is -2.04. The number of carbonyl (C=O) groups is 1. The third kappa shape index (κ3) is 2.86. The number of rotatable bonds is 5. The molecule has 0 radical (unpaired) electrons. The number of allylic oxidation sites excluding steroid dienone is 1. The van der Waals surface area contributed by atoms with Crippen LogP contribution >= 0.6 is 0 Å². The van der Waals surface area contributed by atoms with Crippen LogP contribution in [-0.2, 0) is 6.42 Å². The Balaban J connectivity index is 1.86. The minimum Gasteiger partial charge on any atom is -0.354 e. The van der Waals surface area contributed by atoms with Crippen LogP contribution in [-0.4, -0.2) is 10.8 Å².